The minimum Gasteiger partial charge on any atom is -0.365 e. The first-order chi connectivity index (χ1) is 14.2. The Kier molecular flexibility index (Phi) is 4.78. The zero-order chi connectivity index (χ0) is 19.8. The van der Waals surface area contributed by atoms with E-state index in [2.05, 4.69) is 27.6 Å². The molecule has 0 amide bonds. The number of hydrogen-bond acceptors (Lipinski definition) is 5. The molecule has 2 aliphatic carbocycles. The minimum absolute atomic E-state index is 0.0671. The highest BCUT2D eigenvalue weighted by Crippen LogP contribution is 2.31. The fourth-order valence-corrected chi connectivity index (χ4v) is 4.84. The number of aryl methyl sites for hydroxylation is 3. The van der Waals surface area contributed by atoms with Gasteiger partial charge in [-0.15, -0.1) is 5.10 Å². The molecular weight excluding hydrogens is 362 g/mol. The van der Waals surface area contributed by atoms with Crippen LogP contribution in [0.2, 0.25) is 0 Å². The van der Waals surface area contributed by atoms with Crippen LogP contribution in [0.3, 0.4) is 0 Å². The molecule has 1 saturated carbocycles. The standard InChI is InChI=1S/C23H27N5O/c1-15-19-7-3-4-8-20(19)23(26-25-15)24-17-10-12-18(13-11-17)28-22(29)14-16-6-2-5-9-21(16)27-28/h3-4,7-8,14,17-18H,2,5-6,9-13H2,1H3,(H,24,26). The van der Waals surface area contributed by atoms with Crippen molar-refractivity contribution in [3.05, 3.63) is 57.6 Å². The predicted octanol–water partition coefficient (Wildman–Crippen LogP) is 3.97. The molecule has 3 aromatic rings. The van der Waals surface area contributed by atoms with Crippen LogP contribution in [0.25, 0.3) is 10.8 Å². The number of benzene rings is 1. The van der Waals surface area contributed by atoms with Crippen LogP contribution in [-0.2, 0) is 12.8 Å². The summed E-state index contributed by atoms with van der Waals surface area (Å²) in [6.45, 7) is 1.99. The fourth-order valence-electron chi connectivity index (χ4n) is 4.84. The second kappa shape index (κ2) is 7.58. The van der Waals surface area contributed by atoms with Crippen LogP contribution in [0, 0.1) is 6.92 Å². The van der Waals surface area contributed by atoms with E-state index in [0.29, 0.717) is 6.04 Å². The van der Waals surface area contributed by atoms with E-state index in [4.69, 9.17) is 5.10 Å². The van der Waals surface area contributed by atoms with Gasteiger partial charge in [-0.1, -0.05) is 24.3 Å². The number of hydrogen-bond donors (Lipinski definition) is 1. The first-order valence-corrected chi connectivity index (χ1v) is 10.8. The number of nitrogens with zero attached hydrogens (tertiary/aromatic N) is 4. The maximum atomic E-state index is 12.6. The molecule has 2 heterocycles. The van der Waals surface area contributed by atoms with Gasteiger partial charge in [-0.25, -0.2) is 4.68 Å². The van der Waals surface area contributed by atoms with E-state index in [1.165, 1.54) is 12.8 Å². The zero-order valence-corrected chi connectivity index (χ0v) is 16.9. The number of fused-ring (bicyclic) bond motifs is 2. The fraction of sp³-hybridized carbons (Fsp3) is 0.478. The molecule has 0 spiro atoms. The molecule has 0 atom stereocenters. The Labute approximate surface area is 170 Å². The zero-order valence-electron chi connectivity index (χ0n) is 16.9. The summed E-state index contributed by atoms with van der Waals surface area (Å²) in [5, 5.41) is 19.4. The lowest BCUT2D eigenvalue weighted by Gasteiger charge is -2.30. The second-order valence-electron chi connectivity index (χ2n) is 8.44. The summed E-state index contributed by atoms with van der Waals surface area (Å²) in [5.41, 5.74) is 3.32. The van der Waals surface area contributed by atoms with E-state index in [9.17, 15) is 4.79 Å². The summed E-state index contributed by atoms with van der Waals surface area (Å²) in [6, 6.07) is 10.7. The van der Waals surface area contributed by atoms with Crippen molar-refractivity contribution in [1.82, 2.24) is 20.0 Å². The highest BCUT2D eigenvalue weighted by molar-refractivity contribution is 5.92. The summed E-state index contributed by atoms with van der Waals surface area (Å²) in [5.74, 6) is 0.860. The minimum atomic E-state index is 0.0671. The van der Waals surface area contributed by atoms with Gasteiger partial charge in [0.2, 0.25) is 0 Å². The van der Waals surface area contributed by atoms with Gasteiger partial charge in [0.15, 0.2) is 5.82 Å². The first kappa shape index (κ1) is 18.3. The van der Waals surface area contributed by atoms with Crippen molar-refractivity contribution >= 4 is 16.6 Å². The highest BCUT2D eigenvalue weighted by atomic mass is 16.1. The lowest BCUT2D eigenvalue weighted by atomic mass is 9.90. The van der Waals surface area contributed by atoms with E-state index < -0.39 is 0 Å². The summed E-state index contributed by atoms with van der Waals surface area (Å²) in [7, 11) is 0. The highest BCUT2D eigenvalue weighted by Gasteiger charge is 2.25. The molecule has 1 N–H and O–H groups in total. The molecule has 0 bridgehead atoms. The predicted molar refractivity (Wildman–Crippen MR) is 114 cm³/mol. The van der Waals surface area contributed by atoms with Crippen molar-refractivity contribution in [3.8, 4) is 0 Å². The molecule has 2 aliphatic rings. The smallest absolute Gasteiger partial charge is 0.267 e. The van der Waals surface area contributed by atoms with E-state index in [-0.39, 0.29) is 11.6 Å². The van der Waals surface area contributed by atoms with Gasteiger partial charge in [0, 0.05) is 22.9 Å². The maximum Gasteiger partial charge on any atom is 0.267 e. The Balaban J connectivity index is 1.30. The Morgan fingerprint density at radius 2 is 1.76 bits per heavy atom. The molecule has 1 fully saturated rings. The molecular formula is C23H27N5O. The van der Waals surface area contributed by atoms with Gasteiger partial charge in [-0.2, -0.15) is 10.2 Å². The molecule has 6 heteroatoms. The van der Waals surface area contributed by atoms with Gasteiger partial charge in [-0.05, 0) is 63.9 Å². The number of aromatic nitrogens is 4. The third kappa shape index (κ3) is 3.52. The molecule has 150 valence electrons. The summed E-state index contributed by atoms with van der Waals surface area (Å²) in [6.07, 6.45) is 8.28. The Morgan fingerprint density at radius 1 is 1.00 bits per heavy atom. The third-order valence-electron chi connectivity index (χ3n) is 6.49. The van der Waals surface area contributed by atoms with Crippen LogP contribution in [0.15, 0.2) is 35.1 Å². The summed E-state index contributed by atoms with van der Waals surface area (Å²) >= 11 is 0. The van der Waals surface area contributed by atoms with Gasteiger partial charge in [0.25, 0.3) is 5.56 Å². The molecule has 29 heavy (non-hydrogen) atoms. The van der Waals surface area contributed by atoms with Crippen molar-refractivity contribution in [2.45, 2.75) is 70.4 Å². The number of anilines is 1. The SMILES string of the molecule is Cc1nnc(NC2CCC(n3nc4c(cc3=O)CCCC4)CC2)c2ccccc12. The molecule has 0 saturated heterocycles. The number of rotatable bonds is 3. The maximum absolute atomic E-state index is 12.6. The van der Waals surface area contributed by atoms with Crippen LogP contribution in [-0.4, -0.2) is 26.0 Å². The average molecular weight is 390 g/mol. The molecule has 2 aromatic heterocycles. The molecule has 0 aliphatic heterocycles. The van der Waals surface area contributed by atoms with Crippen LogP contribution in [0.5, 0.6) is 0 Å². The molecule has 1 aromatic carbocycles. The van der Waals surface area contributed by atoms with Crippen LogP contribution in [0.4, 0.5) is 5.82 Å². The Hall–Kier alpha value is -2.76. The monoisotopic (exact) mass is 389 g/mol. The van der Waals surface area contributed by atoms with E-state index in [0.717, 1.165) is 72.1 Å². The lowest BCUT2D eigenvalue weighted by Crippen LogP contribution is -2.34. The van der Waals surface area contributed by atoms with Crippen LogP contribution in [0.1, 0.15) is 61.5 Å². The first-order valence-electron chi connectivity index (χ1n) is 10.8. The lowest BCUT2D eigenvalue weighted by molar-refractivity contribution is 0.300. The van der Waals surface area contributed by atoms with Crippen molar-refractivity contribution in [2.75, 3.05) is 5.32 Å². The van der Waals surface area contributed by atoms with Crippen molar-refractivity contribution in [2.24, 2.45) is 0 Å². The molecule has 0 unspecified atom stereocenters. The Bertz CT molecular complexity index is 1100. The van der Waals surface area contributed by atoms with Gasteiger partial charge in [0.1, 0.15) is 0 Å². The van der Waals surface area contributed by atoms with E-state index in [1.54, 1.807) is 4.68 Å². The van der Waals surface area contributed by atoms with E-state index >= 15 is 0 Å². The Morgan fingerprint density at radius 3 is 2.59 bits per heavy atom. The largest absolute Gasteiger partial charge is 0.365 e. The van der Waals surface area contributed by atoms with Crippen molar-refractivity contribution < 1.29 is 0 Å². The van der Waals surface area contributed by atoms with Crippen molar-refractivity contribution in [3.63, 3.8) is 0 Å². The summed E-state index contributed by atoms with van der Waals surface area (Å²) in [4.78, 5) is 12.6. The normalized spacial score (nSPS) is 21.7. The topological polar surface area (TPSA) is 72.7 Å². The molecule has 6 nitrogen and oxygen atoms in total. The van der Waals surface area contributed by atoms with Gasteiger partial charge >= 0.3 is 0 Å². The molecule has 5 rings (SSSR count). The third-order valence-corrected chi connectivity index (χ3v) is 6.49. The second-order valence-corrected chi connectivity index (χ2v) is 8.44. The van der Waals surface area contributed by atoms with E-state index in [1.807, 2.05) is 25.1 Å². The van der Waals surface area contributed by atoms with Crippen molar-refractivity contribution in [1.29, 1.82) is 0 Å². The summed E-state index contributed by atoms with van der Waals surface area (Å²) < 4.78 is 1.77. The van der Waals surface area contributed by atoms with Gasteiger partial charge in [0.05, 0.1) is 17.4 Å². The quantitative estimate of drug-likeness (QED) is 0.734. The van der Waals surface area contributed by atoms with Crippen LogP contribution < -0.4 is 10.9 Å². The number of nitrogens with one attached hydrogen (secondary N) is 1. The van der Waals surface area contributed by atoms with Gasteiger partial charge < -0.3 is 5.32 Å². The van der Waals surface area contributed by atoms with Gasteiger partial charge in [-0.3, -0.25) is 4.79 Å². The van der Waals surface area contributed by atoms with Crippen LogP contribution >= 0.6 is 0 Å². The average Bonchev–Trinajstić information content (AvgIpc) is 2.76. The molecule has 0 radical (unpaired) electrons.